The maximum absolute atomic E-state index is 11.5. The quantitative estimate of drug-likeness (QED) is 0.535. The number of ether oxygens (including phenoxy) is 2. The Morgan fingerprint density at radius 2 is 1.81 bits per heavy atom. The first-order chi connectivity index (χ1) is 12.0. The molecule has 1 aromatic rings. The van der Waals surface area contributed by atoms with Gasteiger partial charge in [-0.3, -0.25) is 0 Å². The maximum atomic E-state index is 11.5. The van der Waals surface area contributed by atoms with E-state index in [1.807, 2.05) is 25.1 Å². The number of fused-ring (bicyclic) bond motifs is 1. The van der Waals surface area contributed by atoms with Crippen molar-refractivity contribution < 1.29 is 66.0 Å². The van der Waals surface area contributed by atoms with E-state index in [1.165, 1.54) is 12.1 Å². The Hall–Kier alpha value is -2.06. The van der Waals surface area contributed by atoms with Crippen LogP contribution in [0.25, 0.3) is 5.57 Å². The van der Waals surface area contributed by atoms with Gasteiger partial charge < -0.3 is 14.6 Å². The van der Waals surface area contributed by atoms with Crippen molar-refractivity contribution in [2.24, 2.45) is 0 Å². The zero-order valence-corrected chi connectivity index (χ0v) is 17.8. The number of nitriles is 2. The predicted octanol–water partition coefficient (Wildman–Crippen LogP) is 0.605. The summed E-state index contributed by atoms with van der Waals surface area (Å²) in [6, 6.07) is 8.41. The van der Waals surface area contributed by atoms with Gasteiger partial charge in [0.2, 0.25) is 0 Å². The second kappa shape index (κ2) is 8.55. The molecule has 2 heterocycles. The Morgan fingerprint density at radius 3 is 2.50 bits per heavy atom. The molecule has 3 rings (SSSR count). The smallest absolute Gasteiger partial charge is 0.872 e. The van der Waals surface area contributed by atoms with Gasteiger partial charge in [-0.1, -0.05) is 12.1 Å². The second-order valence-corrected chi connectivity index (χ2v) is 5.59. The van der Waals surface area contributed by atoms with Crippen molar-refractivity contribution >= 4 is 5.57 Å². The number of benzene rings is 1. The molecule has 2 aliphatic rings. The van der Waals surface area contributed by atoms with Crippen LogP contribution in [0.15, 0.2) is 70.9 Å². The third kappa shape index (κ3) is 4.36. The van der Waals surface area contributed by atoms with Gasteiger partial charge in [0.25, 0.3) is 0 Å². The van der Waals surface area contributed by atoms with E-state index in [0.717, 1.165) is 11.1 Å². The molecule has 0 atom stereocenters. The maximum Gasteiger partial charge on any atom is 1.00 e. The summed E-state index contributed by atoms with van der Waals surface area (Å²) < 4.78 is 11.4. The van der Waals surface area contributed by atoms with Crippen LogP contribution in [0.3, 0.4) is 0 Å². The molecule has 0 aliphatic carbocycles. The predicted molar refractivity (Wildman–Crippen MR) is 89.4 cm³/mol. The average molecular weight is 368 g/mol. The van der Waals surface area contributed by atoms with Crippen LogP contribution >= 0.6 is 0 Å². The number of hydrogen-bond donors (Lipinski definition) is 0. The Kier molecular flexibility index (Phi) is 6.66. The zero-order valence-electron chi connectivity index (χ0n) is 14.7. The summed E-state index contributed by atoms with van der Waals surface area (Å²) in [5, 5.41) is 29.6. The van der Waals surface area contributed by atoms with Crippen molar-refractivity contribution in [1.82, 2.24) is 0 Å². The third-order valence-electron chi connectivity index (χ3n) is 3.70. The molecule has 0 fully saturated rings. The zero-order chi connectivity index (χ0) is 18.0. The SMILES string of the molecule is CC1=CC(=C(C#N)C#N)C=C(/C=C2/C=C(C)c3ccc([O-])cc3O2)O1.[K+]. The van der Waals surface area contributed by atoms with Gasteiger partial charge in [-0.15, -0.1) is 5.75 Å². The Morgan fingerprint density at radius 1 is 1.08 bits per heavy atom. The minimum absolute atomic E-state index is 0. The van der Waals surface area contributed by atoms with E-state index in [4.69, 9.17) is 20.0 Å². The van der Waals surface area contributed by atoms with Gasteiger partial charge >= 0.3 is 51.4 Å². The molecule has 0 saturated carbocycles. The van der Waals surface area contributed by atoms with Crippen LogP contribution in [0.2, 0.25) is 0 Å². The molecule has 122 valence electrons. The van der Waals surface area contributed by atoms with Gasteiger partial charge in [-0.05, 0) is 43.7 Å². The summed E-state index contributed by atoms with van der Waals surface area (Å²) in [5.41, 5.74) is 2.32. The average Bonchev–Trinajstić information content (AvgIpc) is 2.55. The van der Waals surface area contributed by atoms with Crippen molar-refractivity contribution in [2.75, 3.05) is 0 Å². The molecule has 0 N–H and O–H groups in total. The van der Waals surface area contributed by atoms with E-state index in [9.17, 15) is 5.11 Å². The molecule has 5 nitrogen and oxygen atoms in total. The molecule has 0 aromatic heterocycles. The fourth-order valence-electron chi connectivity index (χ4n) is 2.60. The van der Waals surface area contributed by atoms with E-state index in [0.29, 0.717) is 28.6 Å². The van der Waals surface area contributed by atoms with E-state index in [2.05, 4.69) is 0 Å². The van der Waals surface area contributed by atoms with Crippen LogP contribution in [0.5, 0.6) is 11.5 Å². The van der Waals surface area contributed by atoms with Crippen LogP contribution in [0, 0.1) is 22.7 Å². The summed E-state index contributed by atoms with van der Waals surface area (Å²) in [6.45, 7) is 3.66. The van der Waals surface area contributed by atoms with Crippen molar-refractivity contribution in [2.45, 2.75) is 13.8 Å². The number of nitrogens with zero attached hydrogens (tertiary/aromatic N) is 2. The van der Waals surface area contributed by atoms with Crippen molar-refractivity contribution in [3.8, 4) is 23.6 Å². The molecule has 1 aromatic carbocycles. The van der Waals surface area contributed by atoms with Crippen LogP contribution in [0.1, 0.15) is 19.4 Å². The second-order valence-electron chi connectivity index (χ2n) is 5.59. The molecule has 0 unspecified atom stereocenters. The Labute approximate surface area is 194 Å². The third-order valence-corrected chi connectivity index (χ3v) is 3.70. The van der Waals surface area contributed by atoms with Crippen LogP contribution in [-0.4, -0.2) is 0 Å². The number of hydrogen-bond acceptors (Lipinski definition) is 5. The molecule has 26 heavy (non-hydrogen) atoms. The Balaban J connectivity index is 0.00000243. The molecule has 2 aliphatic heterocycles. The summed E-state index contributed by atoms with van der Waals surface area (Å²) in [7, 11) is 0. The summed E-state index contributed by atoms with van der Waals surface area (Å²) in [6.07, 6.45) is 6.73. The van der Waals surface area contributed by atoms with E-state index in [-0.39, 0.29) is 62.7 Å². The molecular formula is C20H13KN2O3. The topological polar surface area (TPSA) is 89.1 Å². The molecule has 6 heteroatoms. The Bertz CT molecular complexity index is 983. The largest absolute Gasteiger partial charge is 1.00 e. The first-order valence-electron chi connectivity index (χ1n) is 7.52. The molecule has 0 amide bonds. The molecular weight excluding hydrogens is 355 g/mol. The number of allylic oxidation sites excluding steroid dienone is 8. The fourth-order valence-corrected chi connectivity index (χ4v) is 2.60. The van der Waals surface area contributed by atoms with Crippen molar-refractivity contribution in [3.05, 3.63) is 76.5 Å². The molecule has 0 saturated heterocycles. The van der Waals surface area contributed by atoms with E-state index >= 15 is 0 Å². The van der Waals surface area contributed by atoms with Crippen LogP contribution in [0.4, 0.5) is 0 Å². The molecule has 0 radical (unpaired) electrons. The van der Waals surface area contributed by atoms with Gasteiger partial charge in [0.1, 0.15) is 40.7 Å². The minimum Gasteiger partial charge on any atom is -0.872 e. The summed E-state index contributed by atoms with van der Waals surface area (Å²) in [4.78, 5) is 0. The monoisotopic (exact) mass is 368 g/mol. The van der Waals surface area contributed by atoms with Crippen LogP contribution < -0.4 is 61.2 Å². The standard InChI is InChI=1S/C20H14N2O3.K/c1-12-5-17(25-20-8-16(23)3-4-19(12)20)9-18-7-14(6-13(2)24-18)15(10-21)11-22;/h3-9,23H,1-2H3;/q;+1/p-1/b17-9-;. The van der Waals surface area contributed by atoms with Crippen molar-refractivity contribution in [3.63, 3.8) is 0 Å². The van der Waals surface area contributed by atoms with E-state index in [1.54, 1.807) is 31.2 Å². The van der Waals surface area contributed by atoms with Crippen LogP contribution in [-0.2, 0) is 4.74 Å². The molecule has 0 spiro atoms. The van der Waals surface area contributed by atoms with Gasteiger partial charge in [-0.25, -0.2) is 0 Å². The molecule has 0 bridgehead atoms. The van der Waals surface area contributed by atoms with Gasteiger partial charge in [-0.2, -0.15) is 10.5 Å². The fraction of sp³-hybridized carbons (Fsp3) is 0.100. The summed E-state index contributed by atoms with van der Waals surface area (Å²) in [5.74, 6) is 1.88. The van der Waals surface area contributed by atoms with Gasteiger partial charge in [0.05, 0.1) is 0 Å². The normalized spacial score (nSPS) is 16.4. The van der Waals surface area contributed by atoms with E-state index < -0.39 is 0 Å². The summed E-state index contributed by atoms with van der Waals surface area (Å²) >= 11 is 0. The minimum atomic E-state index is -0.127. The first kappa shape index (κ1) is 20.3. The van der Waals surface area contributed by atoms with Gasteiger partial charge in [0, 0.05) is 17.2 Å². The van der Waals surface area contributed by atoms with Crippen molar-refractivity contribution in [1.29, 1.82) is 10.5 Å². The first-order valence-corrected chi connectivity index (χ1v) is 7.52. The van der Waals surface area contributed by atoms with Gasteiger partial charge in [0.15, 0.2) is 0 Å². The number of rotatable bonds is 1.